The molecule has 192 valence electrons. The van der Waals surface area contributed by atoms with E-state index < -0.39 is 0 Å². The minimum Gasteiger partial charge on any atom is -0.497 e. The van der Waals surface area contributed by atoms with Crippen LogP contribution in [0, 0.1) is 0 Å². The van der Waals surface area contributed by atoms with Crippen LogP contribution in [0.2, 0.25) is 0 Å². The number of carbonyl (C=O) groups is 1. The smallest absolute Gasteiger partial charge is 0.195 e. The number of ether oxygens (including phenoxy) is 2. The molecule has 2 aliphatic rings. The van der Waals surface area contributed by atoms with E-state index in [4.69, 9.17) is 9.47 Å². The summed E-state index contributed by atoms with van der Waals surface area (Å²) in [6.45, 7) is 4.22. The Morgan fingerprint density at radius 1 is 0.946 bits per heavy atom. The van der Waals surface area contributed by atoms with Crippen LogP contribution in [0.15, 0.2) is 72.8 Å². The Kier molecular flexibility index (Phi) is 8.54. The standard InChI is InChI=1S/C32H35NO3S/c1-35-27-17-18-28-29(23-27)37-32(25-11-6-2-3-7-12-25)30(28)31(34)24-13-15-26(16-14-24)36-22-10-21-33-19-8-4-5-9-20-33/h2-3,6-7,11,13-18,23H,4-5,8-10,12,19-22H2,1H3. The van der Waals surface area contributed by atoms with Crippen molar-refractivity contribution in [2.24, 2.45) is 0 Å². The van der Waals surface area contributed by atoms with Gasteiger partial charge in [0.25, 0.3) is 0 Å². The Morgan fingerprint density at radius 2 is 1.73 bits per heavy atom. The van der Waals surface area contributed by atoms with Crippen LogP contribution in [0.1, 0.15) is 59.3 Å². The number of ketones is 1. The molecule has 0 spiro atoms. The van der Waals surface area contributed by atoms with E-state index in [2.05, 4.69) is 17.1 Å². The van der Waals surface area contributed by atoms with Crippen molar-refractivity contribution in [1.29, 1.82) is 0 Å². The molecule has 3 aromatic rings. The molecule has 5 heteroatoms. The third kappa shape index (κ3) is 6.23. The molecule has 0 bridgehead atoms. The van der Waals surface area contributed by atoms with Crippen molar-refractivity contribution in [1.82, 2.24) is 4.90 Å². The number of likely N-dealkylation sites (tertiary alicyclic amines) is 1. The summed E-state index contributed by atoms with van der Waals surface area (Å²) in [7, 11) is 1.67. The largest absolute Gasteiger partial charge is 0.497 e. The number of rotatable bonds is 9. The van der Waals surface area contributed by atoms with E-state index in [-0.39, 0.29) is 5.78 Å². The van der Waals surface area contributed by atoms with Gasteiger partial charge >= 0.3 is 0 Å². The zero-order chi connectivity index (χ0) is 25.5. The van der Waals surface area contributed by atoms with Crippen LogP contribution >= 0.6 is 11.3 Å². The lowest BCUT2D eigenvalue weighted by molar-refractivity contribution is 0.104. The van der Waals surface area contributed by atoms with Crippen LogP contribution in [0.4, 0.5) is 0 Å². The van der Waals surface area contributed by atoms with Gasteiger partial charge in [-0.05, 0) is 86.8 Å². The molecule has 1 saturated heterocycles. The maximum absolute atomic E-state index is 13.9. The van der Waals surface area contributed by atoms with Crippen LogP contribution in [0.25, 0.3) is 15.7 Å². The molecule has 0 radical (unpaired) electrons. The Bertz CT molecular complexity index is 1310. The number of methoxy groups -OCH3 is 1. The predicted molar refractivity (Wildman–Crippen MR) is 154 cm³/mol. The van der Waals surface area contributed by atoms with Crippen molar-refractivity contribution in [2.45, 2.75) is 38.5 Å². The van der Waals surface area contributed by atoms with Crippen molar-refractivity contribution >= 4 is 32.8 Å². The second-order valence-electron chi connectivity index (χ2n) is 9.69. The van der Waals surface area contributed by atoms with Crippen LogP contribution in [0.5, 0.6) is 11.5 Å². The van der Waals surface area contributed by atoms with E-state index in [0.29, 0.717) is 12.2 Å². The second-order valence-corrected chi connectivity index (χ2v) is 10.7. The number of carbonyl (C=O) groups excluding carboxylic acids is 1. The Hall–Kier alpha value is -3.15. The molecule has 0 N–H and O–H groups in total. The minimum absolute atomic E-state index is 0.0391. The molecule has 2 heterocycles. The van der Waals surface area contributed by atoms with Crippen molar-refractivity contribution in [3.05, 3.63) is 88.8 Å². The fourth-order valence-electron chi connectivity index (χ4n) is 5.09. The third-order valence-electron chi connectivity index (χ3n) is 7.11. The maximum Gasteiger partial charge on any atom is 0.195 e. The lowest BCUT2D eigenvalue weighted by Crippen LogP contribution is -2.26. The molecule has 1 aliphatic carbocycles. The Morgan fingerprint density at radius 3 is 2.51 bits per heavy atom. The molecule has 1 aromatic heterocycles. The summed E-state index contributed by atoms with van der Waals surface area (Å²) in [4.78, 5) is 17.5. The summed E-state index contributed by atoms with van der Waals surface area (Å²) in [5.74, 6) is 1.65. The summed E-state index contributed by atoms with van der Waals surface area (Å²) in [6, 6.07) is 13.6. The zero-order valence-corrected chi connectivity index (χ0v) is 22.4. The average molecular weight is 514 g/mol. The highest BCUT2D eigenvalue weighted by Crippen LogP contribution is 2.40. The van der Waals surface area contributed by atoms with Crippen LogP contribution < -0.4 is 9.47 Å². The normalized spacial score (nSPS) is 16.3. The van der Waals surface area contributed by atoms with Gasteiger partial charge in [-0.2, -0.15) is 0 Å². The zero-order valence-electron chi connectivity index (χ0n) is 21.6. The van der Waals surface area contributed by atoms with Gasteiger partial charge in [-0.1, -0.05) is 43.2 Å². The molecule has 0 atom stereocenters. The maximum atomic E-state index is 13.9. The number of hydrogen-bond acceptors (Lipinski definition) is 5. The van der Waals surface area contributed by atoms with E-state index in [9.17, 15) is 4.79 Å². The van der Waals surface area contributed by atoms with Gasteiger partial charge in [-0.15, -0.1) is 11.3 Å². The van der Waals surface area contributed by atoms with Crippen molar-refractivity contribution in [2.75, 3.05) is 33.4 Å². The number of benzene rings is 2. The summed E-state index contributed by atoms with van der Waals surface area (Å²) < 4.78 is 12.5. The number of thiophene rings is 1. The molecule has 0 amide bonds. The van der Waals surface area contributed by atoms with Gasteiger partial charge in [0.05, 0.1) is 13.7 Å². The van der Waals surface area contributed by atoms with Crippen molar-refractivity contribution in [3.8, 4) is 11.5 Å². The predicted octanol–water partition coefficient (Wildman–Crippen LogP) is 7.69. The van der Waals surface area contributed by atoms with E-state index >= 15 is 0 Å². The first-order valence-electron chi connectivity index (χ1n) is 13.4. The van der Waals surface area contributed by atoms with Crippen LogP contribution in [-0.4, -0.2) is 44.0 Å². The van der Waals surface area contributed by atoms with E-state index in [1.54, 1.807) is 18.4 Å². The van der Waals surface area contributed by atoms with Gasteiger partial charge in [0.15, 0.2) is 5.78 Å². The van der Waals surface area contributed by atoms with Crippen molar-refractivity contribution in [3.63, 3.8) is 0 Å². The first kappa shape index (κ1) is 25.5. The highest BCUT2D eigenvalue weighted by atomic mass is 32.1. The quantitative estimate of drug-likeness (QED) is 0.217. The molecule has 4 nitrogen and oxygen atoms in total. The van der Waals surface area contributed by atoms with Gasteiger partial charge in [0.1, 0.15) is 11.5 Å². The van der Waals surface area contributed by atoms with Crippen LogP contribution in [0.3, 0.4) is 0 Å². The van der Waals surface area contributed by atoms with Gasteiger partial charge in [0.2, 0.25) is 0 Å². The average Bonchev–Trinajstić information content (AvgIpc) is 3.13. The van der Waals surface area contributed by atoms with Crippen LogP contribution in [-0.2, 0) is 0 Å². The Balaban J connectivity index is 1.32. The highest BCUT2D eigenvalue weighted by molar-refractivity contribution is 7.20. The molecular weight excluding hydrogens is 478 g/mol. The fraction of sp³-hybridized carbons (Fsp3) is 0.344. The fourth-order valence-corrected chi connectivity index (χ4v) is 6.35. The van der Waals surface area contributed by atoms with Crippen molar-refractivity contribution < 1.29 is 14.3 Å². The molecule has 0 saturated carbocycles. The van der Waals surface area contributed by atoms with Gasteiger partial charge in [0, 0.05) is 32.6 Å². The van der Waals surface area contributed by atoms with E-state index in [0.717, 1.165) is 57.0 Å². The summed E-state index contributed by atoms with van der Waals surface area (Å²) in [6.07, 6.45) is 17.5. The SMILES string of the molecule is COc1ccc2c(C(=O)c3ccc(OCCCN4CCCCCC4)cc3)c(C3=CC=CC=CC3)sc2c1. The third-order valence-corrected chi connectivity index (χ3v) is 8.34. The molecule has 2 aromatic carbocycles. The number of hydrogen-bond donors (Lipinski definition) is 0. The van der Waals surface area contributed by atoms with E-state index in [1.165, 1.54) is 38.8 Å². The molecule has 0 unspecified atom stereocenters. The number of fused-ring (bicyclic) bond motifs is 1. The second kappa shape index (κ2) is 12.4. The van der Waals surface area contributed by atoms with E-state index in [1.807, 2.05) is 60.7 Å². The monoisotopic (exact) mass is 513 g/mol. The summed E-state index contributed by atoms with van der Waals surface area (Å²) in [5.41, 5.74) is 2.59. The molecular formula is C32H35NO3S. The van der Waals surface area contributed by atoms with Gasteiger partial charge in [-0.25, -0.2) is 0 Å². The van der Waals surface area contributed by atoms with Gasteiger partial charge in [-0.3, -0.25) is 4.79 Å². The molecule has 1 fully saturated rings. The first-order valence-corrected chi connectivity index (χ1v) is 14.2. The number of allylic oxidation sites excluding steroid dienone is 6. The molecule has 37 heavy (non-hydrogen) atoms. The Labute approximate surface area is 223 Å². The topological polar surface area (TPSA) is 38.8 Å². The molecule has 5 rings (SSSR count). The lowest BCUT2D eigenvalue weighted by Gasteiger charge is -2.19. The summed E-state index contributed by atoms with van der Waals surface area (Å²) >= 11 is 1.66. The minimum atomic E-state index is 0.0391. The summed E-state index contributed by atoms with van der Waals surface area (Å²) in [5, 5.41) is 0.970. The molecule has 1 aliphatic heterocycles. The lowest BCUT2D eigenvalue weighted by atomic mass is 9.96. The van der Waals surface area contributed by atoms with Gasteiger partial charge < -0.3 is 14.4 Å². The highest BCUT2D eigenvalue weighted by Gasteiger charge is 2.23. The number of nitrogens with zero attached hydrogens (tertiary/aromatic N) is 1. The first-order chi connectivity index (χ1) is 18.2.